The molecule has 0 amide bonds. The molecule has 0 bridgehead atoms. The summed E-state index contributed by atoms with van der Waals surface area (Å²) in [7, 11) is 0. The monoisotopic (exact) mass is 303 g/mol. The number of aromatic nitrogens is 2. The minimum atomic E-state index is 0.564. The summed E-state index contributed by atoms with van der Waals surface area (Å²) < 4.78 is 1.08. The normalized spacial score (nSPS) is 14.7. The molecule has 2 aromatic rings. The molecule has 1 aromatic heterocycles. The third-order valence-electron chi connectivity index (χ3n) is 3.11. The average molecular weight is 304 g/mol. The van der Waals surface area contributed by atoms with Crippen LogP contribution < -0.4 is 5.73 Å². The molecule has 1 aromatic carbocycles. The van der Waals surface area contributed by atoms with Crippen molar-refractivity contribution in [3.63, 3.8) is 0 Å². The van der Waals surface area contributed by atoms with Crippen LogP contribution in [-0.4, -0.2) is 9.97 Å². The Morgan fingerprint density at radius 2 is 2.17 bits per heavy atom. The van der Waals surface area contributed by atoms with Crippen LogP contribution in [0.25, 0.3) is 0 Å². The van der Waals surface area contributed by atoms with E-state index in [4.69, 9.17) is 5.73 Å². The number of halogens is 1. The van der Waals surface area contributed by atoms with Gasteiger partial charge in [-0.05, 0) is 30.5 Å². The van der Waals surface area contributed by atoms with Crippen molar-refractivity contribution in [1.29, 1.82) is 0 Å². The third-order valence-corrected chi connectivity index (χ3v) is 3.61. The van der Waals surface area contributed by atoms with Gasteiger partial charge in [-0.25, -0.2) is 9.97 Å². The van der Waals surface area contributed by atoms with Gasteiger partial charge in [0.2, 0.25) is 0 Å². The molecule has 0 radical (unpaired) electrons. The van der Waals surface area contributed by atoms with Crippen LogP contribution in [0.5, 0.6) is 0 Å². The molecule has 2 N–H and O–H groups in total. The SMILES string of the molecule is Nc1cnc(Cc2cccc(Br)c2)nc1C1CC1. The van der Waals surface area contributed by atoms with Gasteiger partial charge in [-0.3, -0.25) is 0 Å². The summed E-state index contributed by atoms with van der Waals surface area (Å²) in [6.45, 7) is 0. The molecular formula is C14H14BrN3. The average Bonchev–Trinajstić information content (AvgIpc) is 3.16. The molecule has 1 fully saturated rings. The summed E-state index contributed by atoms with van der Waals surface area (Å²) in [4.78, 5) is 8.93. The Labute approximate surface area is 115 Å². The van der Waals surface area contributed by atoms with Crippen LogP contribution in [0.4, 0.5) is 5.69 Å². The highest BCUT2D eigenvalue weighted by Gasteiger charge is 2.27. The summed E-state index contributed by atoms with van der Waals surface area (Å²) >= 11 is 3.47. The summed E-state index contributed by atoms with van der Waals surface area (Å²) in [5.74, 6) is 1.42. The maximum absolute atomic E-state index is 5.92. The van der Waals surface area contributed by atoms with E-state index < -0.39 is 0 Å². The molecule has 1 aliphatic carbocycles. The number of hydrogen-bond acceptors (Lipinski definition) is 3. The molecule has 92 valence electrons. The van der Waals surface area contributed by atoms with Crippen molar-refractivity contribution >= 4 is 21.6 Å². The van der Waals surface area contributed by atoms with Gasteiger partial charge in [0.1, 0.15) is 5.82 Å². The van der Waals surface area contributed by atoms with E-state index in [1.807, 2.05) is 12.1 Å². The topological polar surface area (TPSA) is 51.8 Å². The molecule has 4 heteroatoms. The predicted octanol–water partition coefficient (Wildman–Crippen LogP) is 3.29. The zero-order valence-electron chi connectivity index (χ0n) is 9.94. The Hall–Kier alpha value is -1.42. The van der Waals surface area contributed by atoms with Crippen molar-refractivity contribution in [2.24, 2.45) is 0 Å². The molecule has 0 spiro atoms. The highest BCUT2D eigenvalue weighted by molar-refractivity contribution is 9.10. The van der Waals surface area contributed by atoms with E-state index in [1.165, 1.54) is 18.4 Å². The van der Waals surface area contributed by atoms with E-state index in [9.17, 15) is 0 Å². The fourth-order valence-corrected chi connectivity index (χ4v) is 2.49. The molecular weight excluding hydrogens is 290 g/mol. The van der Waals surface area contributed by atoms with Crippen LogP contribution in [0.1, 0.15) is 35.8 Å². The number of nitrogens with zero attached hydrogens (tertiary/aromatic N) is 2. The van der Waals surface area contributed by atoms with Crippen molar-refractivity contribution in [1.82, 2.24) is 9.97 Å². The largest absolute Gasteiger partial charge is 0.396 e. The van der Waals surface area contributed by atoms with Crippen molar-refractivity contribution in [3.05, 3.63) is 52.0 Å². The second kappa shape index (κ2) is 4.69. The van der Waals surface area contributed by atoms with E-state index in [0.717, 1.165) is 28.1 Å². The Kier molecular flexibility index (Phi) is 3.04. The molecule has 0 unspecified atom stereocenters. The van der Waals surface area contributed by atoms with Crippen LogP contribution in [0.3, 0.4) is 0 Å². The number of nitrogen functional groups attached to an aromatic ring is 1. The Morgan fingerprint density at radius 1 is 1.33 bits per heavy atom. The lowest BCUT2D eigenvalue weighted by Gasteiger charge is -2.06. The van der Waals surface area contributed by atoms with Crippen molar-refractivity contribution in [3.8, 4) is 0 Å². The van der Waals surface area contributed by atoms with Crippen molar-refractivity contribution in [2.45, 2.75) is 25.2 Å². The second-order valence-electron chi connectivity index (χ2n) is 4.71. The highest BCUT2D eigenvalue weighted by Crippen LogP contribution is 2.41. The van der Waals surface area contributed by atoms with E-state index in [-0.39, 0.29) is 0 Å². The maximum atomic E-state index is 5.92. The molecule has 0 aliphatic heterocycles. The van der Waals surface area contributed by atoms with Gasteiger partial charge in [-0.15, -0.1) is 0 Å². The van der Waals surface area contributed by atoms with E-state index in [1.54, 1.807) is 6.20 Å². The van der Waals surface area contributed by atoms with Gasteiger partial charge >= 0.3 is 0 Å². The van der Waals surface area contributed by atoms with Gasteiger partial charge in [-0.1, -0.05) is 28.1 Å². The predicted molar refractivity (Wildman–Crippen MR) is 75.4 cm³/mol. The van der Waals surface area contributed by atoms with E-state index in [2.05, 4.69) is 38.0 Å². The van der Waals surface area contributed by atoms with Gasteiger partial charge in [0.25, 0.3) is 0 Å². The van der Waals surface area contributed by atoms with Crippen LogP contribution >= 0.6 is 15.9 Å². The summed E-state index contributed by atoms with van der Waals surface area (Å²) in [5.41, 5.74) is 8.89. The van der Waals surface area contributed by atoms with Gasteiger partial charge in [-0.2, -0.15) is 0 Å². The number of nitrogens with two attached hydrogens (primary N) is 1. The third kappa shape index (κ3) is 2.53. The number of benzene rings is 1. The highest BCUT2D eigenvalue weighted by atomic mass is 79.9. The fourth-order valence-electron chi connectivity index (χ4n) is 2.04. The smallest absolute Gasteiger partial charge is 0.133 e. The molecule has 18 heavy (non-hydrogen) atoms. The Morgan fingerprint density at radius 3 is 2.89 bits per heavy atom. The molecule has 0 saturated heterocycles. The first-order valence-electron chi connectivity index (χ1n) is 6.08. The molecule has 1 aliphatic rings. The number of rotatable bonds is 3. The molecule has 3 rings (SSSR count). The van der Waals surface area contributed by atoms with Gasteiger partial charge in [0.15, 0.2) is 0 Å². The molecule has 0 atom stereocenters. The summed E-state index contributed by atoms with van der Waals surface area (Å²) in [5, 5.41) is 0. The van der Waals surface area contributed by atoms with Gasteiger partial charge in [0.05, 0.1) is 17.6 Å². The van der Waals surface area contributed by atoms with Crippen LogP contribution in [0.2, 0.25) is 0 Å². The fraction of sp³-hybridized carbons (Fsp3) is 0.286. The second-order valence-corrected chi connectivity index (χ2v) is 5.62. The lowest BCUT2D eigenvalue weighted by atomic mass is 10.1. The first kappa shape index (κ1) is 11.7. The maximum Gasteiger partial charge on any atom is 0.133 e. The standard InChI is InChI=1S/C14H14BrN3/c15-11-3-1-2-9(6-11)7-13-17-8-12(16)14(18-13)10-4-5-10/h1-3,6,8,10H,4-5,7,16H2. The molecule has 1 heterocycles. The van der Waals surface area contributed by atoms with Crippen molar-refractivity contribution < 1.29 is 0 Å². The summed E-state index contributed by atoms with van der Waals surface area (Å²) in [6, 6.07) is 8.22. The Bertz CT molecular complexity index is 579. The van der Waals surface area contributed by atoms with Gasteiger partial charge in [0, 0.05) is 16.8 Å². The first-order valence-corrected chi connectivity index (χ1v) is 6.87. The lowest BCUT2D eigenvalue weighted by Crippen LogP contribution is -2.03. The van der Waals surface area contributed by atoms with Crippen LogP contribution in [0, 0.1) is 0 Å². The Balaban J connectivity index is 1.86. The first-order chi connectivity index (χ1) is 8.72. The van der Waals surface area contributed by atoms with E-state index in [0.29, 0.717) is 5.92 Å². The quantitative estimate of drug-likeness (QED) is 0.946. The lowest BCUT2D eigenvalue weighted by molar-refractivity contribution is 0.904. The minimum absolute atomic E-state index is 0.564. The van der Waals surface area contributed by atoms with Gasteiger partial charge < -0.3 is 5.73 Å². The van der Waals surface area contributed by atoms with E-state index >= 15 is 0 Å². The molecule has 3 nitrogen and oxygen atoms in total. The zero-order chi connectivity index (χ0) is 12.5. The minimum Gasteiger partial charge on any atom is -0.396 e. The molecule has 1 saturated carbocycles. The summed E-state index contributed by atoms with van der Waals surface area (Å²) in [6.07, 6.45) is 4.91. The number of hydrogen-bond donors (Lipinski definition) is 1. The number of anilines is 1. The van der Waals surface area contributed by atoms with Crippen molar-refractivity contribution in [2.75, 3.05) is 5.73 Å². The van der Waals surface area contributed by atoms with Crippen LogP contribution in [0.15, 0.2) is 34.9 Å². The van der Waals surface area contributed by atoms with Crippen LogP contribution in [-0.2, 0) is 6.42 Å². The zero-order valence-corrected chi connectivity index (χ0v) is 11.5.